The molecule has 0 saturated carbocycles. The van der Waals surface area contributed by atoms with E-state index in [2.05, 4.69) is 5.32 Å². The highest BCUT2D eigenvalue weighted by Gasteiger charge is 2.27. The minimum Gasteiger partial charge on any atom is -0.461 e. The summed E-state index contributed by atoms with van der Waals surface area (Å²) in [6.45, 7) is 3.87. The van der Waals surface area contributed by atoms with Crippen LogP contribution in [-0.2, 0) is 25.0 Å². The van der Waals surface area contributed by atoms with E-state index in [0.717, 1.165) is 24.6 Å². The lowest BCUT2D eigenvalue weighted by Gasteiger charge is -2.22. The first-order valence-corrected chi connectivity index (χ1v) is 10.1. The molecule has 0 fully saturated rings. The minimum absolute atomic E-state index is 0.177. The highest BCUT2D eigenvalue weighted by molar-refractivity contribution is 6.65. The highest BCUT2D eigenvalue weighted by Crippen LogP contribution is 2.12. The first-order chi connectivity index (χ1) is 10.6. The van der Waals surface area contributed by atoms with E-state index in [1.807, 2.05) is 36.9 Å². The molecule has 1 rings (SSSR count). The molecule has 0 radical (unpaired) electrons. The van der Waals surface area contributed by atoms with Crippen LogP contribution in [-0.4, -0.2) is 41.8 Å². The SMILES string of the molecule is CO[Si](C)(CCCNCCC(=O)OCc1ccccc1)OC. The summed E-state index contributed by atoms with van der Waals surface area (Å²) < 4.78 is 16.1. The van der Waals surface area contributed by atoms with Crippen LogP contribution in [0.25, 0.3) is 0 Å². The molecule has 22 heavy (non-hydrogen) atoms. The Kier molecular flexibility index (Phi) is 8.99. The van der Waals surface area contributed by atoms with Gasteiger partial charge in [0.15, 0.2) is 0 Å². The monoisotopic (exact) mass is 325 g/mol. The van der Waals surface area contributed by atoms with Gasteiger partial charge in [-0.3, -0.25) is 4.79 Å². The third-order valence-corrected chi connectivity index (χ3v) is 6.59. The number of benzene rings is 1. The van der Waals surface area contributed by atoms with Crippen LogP contribution in [0.5, 0.6) is 0 Å². The molecule has 0 saturated heterocycles. The van der Waals surface area contributed by atoms with Crippen LogP contribution in [0, 0.1) is 0 Å². The summed E-state index contributed by atoms with van der Waals surface area (Å²) in [5.74, 6) is -0.177. The molecule has 0 heterocycles. The Balaban J connectivity index is 2.03. The molecular formula is C16H27NO4Si. The van der Waals surface area contributed by atoms with Crippen molar-refractivity contribution in [3.05, 3.63) is 35.9 Å². The van der Waals surface area contributed by atoms with Crippen LogP contribution in [0.1, 0.15) is 18.4 Å². The van der Waals surface area contributed by atoms with E-state index in [-0.39, 0.29) is 5.97 Å². The van der Waals surface area contributed by atoms with E-state index >= 15 is 0 Å². The lowest BCUT2D eigenvalue weighted by molar-refractivity contribution is -0.144. The van der Waals surface area contributed by atoms with Gasteiger partial charge in [-0.1, -0.05) is 30.3 Å². The Morgan fingerprint density at radius 2 is 1.82 bits per heavy atom. The van der Waals surface area contributed by atoms with Gasteiger partial charge in [0.2, 0.25) is 0 Å². The lowest BCUT2D eigenvalue weighted by atomic mass is 10.2. The van der Waals surface area contributed by atoms with Gasteiger partial charge in [-0.2, -0.15) is 0 Å². The van der Waals surface area contributed by atoms with Gasteiger partial charge in [0, 0.05) is 20.8 Å². The third-order valence-electron chi connectivity index (χ3n) is 3.60. The van der Waals surface area contributed by atoms with Crippen LogP contribution < -0.4 is 5.32 Å². The Hall–Kier alpha value is -1.21. The van der Waals surface area contributed by atoms with Crippen LogP contribution in [0.2, 0.25) is 12.6 Å². The summed E-state index contributed by atoms with van der Waals surface area (Å²) in [5, 5.41) is 3.25. The van der Waals surface area contributed by atoms with Crippen molar-refractivity contribution in [3.63, 3.8) is 0 Å². The average Bonchev–Trinajstić information content (AvgIpc) is 2.56. The topological polar surface area (TPSA) is 56.8 Å². The number of hydrogen-bond acceptors (Lipinski definition) is 5. The van der Waals surface area contributed by atoms with Gasteiger partial charge in [-0.25, -0.2) is 0 Å². The van der Waals surface area contributed by atoms with Crippen molar-refractivity contribution in [2.75, 3.05) is 27.3 Å². The van der Waals surface area contributed by atoms with E-state index in [4.69, 9.17) is 13.6 Å². The summed E-state index contributed by atoms with van der Waals surface area (Å²) in [6, 6.07) is 10.6. The molecule has 0 spiro atoms. The molecule has 0 unspecified atom stereocenters. The molecule has 0 bridgehead atoms. The molecule has 0 aliphatic carbocycles. The first kappa shape index (κ1) is 18.8. The van der Waals surface area contributed by atoms with Crippen LogP contribution in [0.3, 0.4) is 0 Å². The van der Waals surface area contributed by atoms with Crippen LogP contribution >= 0.6 is 0 Å². The van der Waals surface area contributed by atoms with Crippen molar-refractivity contribution in [3.8, 4) is 0 Å². The predicted molar refractivity (Wildman–Crippen MR) is 88.8 cm³/mol. The predicted octanol–water partition coefficient (Wildman–Crippen LogP) is 2.46. The van der Waals surface area contributed by atoms with Gasteiger partial charge in [0.05, 0.1) is 6.42 Å². The summed E-state index contributed by atoms with van der Waals surface area (Å²) in [5.41, 5.74) is 1.01. The zero-order valence-electron chi connectivity index (χ0n) is 13.8. The van der Waals surface area contributed by atoms with E-state index in [0.29, 0.717) is 19.6 Å². The number of carbonyl (C=O) groups excluding carboxylic acids is 1. The zero-order chi connectivity index (χ0) is 16.3. The molecule has 1 aromatic rings. The summed E-state index contributed by atoms with van der Waals surface area (Å²) >= 11 is 0. The largest absolute Gasteiger partial charge is 0.461 e. The van der Waals surface area contributed by atoms with Gasteiger partial charge in [0.1, 0.15) is 6.61 Å². The Labute approximate surface area is 134 Å². The molecule has 0 aliphatic rings. The molecule has 1 N–H and O–H groups in total. The Morgan fingerprint density at radius 1 is 1.14 bits per heavy atom. The van der Waals surface area contributed by atoms with Crippen molar-refractivity contribution < 1.29 is 18.4 Å². The Morgan fingerprint density at radius 3 is 2.45 bits per heavy atom. The fourth-order valence-corrected chi connectivity index (χ4v) is 3.34. The van der Waals surface area contributed by atoms with Gasteiger partial charge in [-0.15, -0.1) is 0 Å². The van der Waals surface area contributed by atoms with E-state index in [9.17, 15) is 4.79 Å². The zero-order valence-corrected chi connectivity index (χ0v) is 14.8. The minimum atomic E-state index is -1.96. The van der Waals surface area contributed by atoms with Crippen molar-refractivity contribution >= 4 is 14.5 Å². The van der Waals surface area contributed by atoms with Crippen LogP contribution in [0.4, 0.5) is 0 Å². The maximum Gasteiger partial charge on any atom is 0.334 e. The maximum absolute atomic E-state index is 11.6. The molecule has 0 atom stereocenters. The normalized spacial score (nSPS) is 11.4. The molecule has 0 amide bonds. The van der Waals surface area contributed by atoms with Gasteiger partial charge in [-0.05, 0) is 31.1 Å². The number of hydrogen-bond donors (Lipinski definition) is 1. The molecule has 0 aliphatic heterocycles. The van der Waals surface area contributed by atoms with E-state index in [1.165, 1.54) is 0 Å². The fourth-order valence-electron chi connectivity index (χ4n) is 1.95. The molecule has 0 aromatic heterocycles. The summed E-state index contributed by atoms with van der Waals surface area (Å²) in [6.07, 6.45) is 1.36. The second-order valence-electron chi connectivity index (χ2n) is 5.29. The van der Waals surface area contributed by atoms with Gasteiger partial charge in [0.25, 0.3) is 0 Å². The number of esters is 1. The number of rotatable bonds is 11. The van der Waals surface area contributed by atoms with Crippen molar-refractivity contribution in [2.45, 2.75) is 32.0 Å². The van der Waals surface area contributed by atoms with E-state index < -0.39 is 8.56 Å². The molecule has 6 heteroatoms. The number of carbonyl (C=O) groups is 1. The smallest absolute Gasteiger partial charge is 0.334 e. The summed E-state index contributed by atoms with van der Waals surface area (Å²) in [7, 11) is 1.44. The maximum atomic E-state index is 11.6. The second kappa shape index (κ2) is 10.5. The third kappa shape index (κ3) is 7.70. The standard InChI is InChI=1S/C16H27NO4Si/c1-19-22(3,20-2)13-7-11-17-12-10-16(18)21-14-15-8-5-4-6-9-15/h4-6,8-9,17H,7,10-14H2,1-3H3. The molecule has 124 valence electrons. The Bertz CT molecular complexity index is 423. The van der Waals surface area contributed by atoms with Crippen LogP contribution in [0.15, 0.2) is 30.3 Å². The fraction of sp³-hybridized carbons (Fsp3) is 0.562. The van der Waals surface area contributed by atoms with Gasteiger partial charge < -0.3 is 18.9 Å². The van der Waals surface area contributed by atoms with Crippen molar-refractivity contribution in [1.29, 1.82) is 0 Å². The number of nitrogens with one attached hydrogen (secondary N) is 1. The van der Waals surface area contributed by atoms with Gasteiger partial charge >= 0.3 is 14.5 Å². The van der Waals surface area contributed by atoms with Crippen molar-refractivity contribution in [2.24, 2.45) is 0 Å². The quantitative estimate of drug-likeness (QED) is 0.385. The molecule has 5 nitrogen and oxygen atoms in total. The first-order valence-electron chi connectivity index (χ1n) is 7.60. The van der Waals surface area contributed by atoms with Crippen molar-refractivity contribution in [1.82, 2.24) is 5.32 Å². The summed E-state index contributed by atoms with van der Waals surface area (Å²) in [4.78, 5) is 11.6. The number of ether oxygens (including phenoxy) is 1. The highest BCUT2D eigenvalue weighted by atomic mass is 28.4. The molecule has 1 aromatic carbocycles. The lowest BCUT2D eigenvalue weighted by Crippen LogP contribution is -2.36. The average molecular weight is 325 g/mol. The second-order valence-corrected chi connectivity index (χ2v) is 8.88. The van der Waals surface area contributed by atoms with E-state index in [1.54, 1.807) is 14.2 Å². The molecular weight excluding hydrogens is 298 g/mol.